The molecule has 0 aliphatic carbocycles. The highest BCUT2D eigenvalue weighted by Gasteiger charge is 2.39. The van der Waals surface area contributed by atoms with Gasteiger partial charge in [-0.25, -0.2) is 8.42 Å². The quantitative estimate of drug-likeness (QED) is 0.747. The van der Waals surface area contributed by atoms with Crippen LogP contribution in [0.25, 0.3) is 0 Å². The van der Waals surface area contributed by atoms with Gasteiger partial charge in [0.25, 0.3) is 0 Å². The van der Waals surface area contributed by atoms with Crippen LogP contribution in [-0.4, -0.2) is 49.4 Å². The second-order valence-corrected chi connectivity index (χ2v) is 8.48. The van der Waals surface area contributed by atoms with E-state index in [1.54, 1.807) is 6.92 Å². The highest BCUT2D eigenvalue weighted by molar-refractivity contribution is 7.99. The van der Waals surface area contributed by atoms with Crippen LogP contribution in [0.4, 0.5) is 0 Å². The summed E-state index contributed by atoms with van der Waals surface area (Å²) in [5.74, 6) is 0.446. The molecule has 22 heavy (non-hydrogen) atoms. The van der Waals surface area contributed by atoms with E-state index in [1.165, 1.54) is 34.3 Å². The highest BCUT2D eigenvalue weighted by Crippen LogP contribution is 2.29. The van der Waals surface area contributed by atoms with E-state index in [9.17, 15) is 13.2 Å². The summed E-state index contributed by atoms with van der Waals surface area (Å²) in [6.07, 6.45) is 0. The van der Waals surface area contributed by atoms with Crippen LogP contribution in [0.5, 0.6) is 0 Å². The molecule has 1 fully saturated rings. The summed E-state index contributed by atoms with van der Waals surface area (Å²) in [6.45, 7) is 2.13. The average molecular weight is 384 g/mol. The molecule has 1 aromatic carbocycles. The number of halogens is 2. The van der Waals surface area contributed by atoms with Crippen molar-refractivity contribution in [3.05, 3.63) is 28.2 Å². The molecule has 0 saturated carbocycles. The zero-order valence-electron chi connectivity index (χ0n) is 11.8. The fourth-order valence-electron chi connectivity index (χ4n) is 2.11. The van der Waals surface area contributed by atoms with E-state index in [0.717, 1.165) is 0 Å². The molecule has 1 atom stereocenters. The molecule has 1 aliphatic heterocycles. The van der Waals surface area contributed by atoms with E-state index in [-0.39, 0.29) is 28.1 Å². The fraction of sp³-hybridized carbons (Fsp3) is 0.462. The van der Waals surface area contributed by atoms with Crippen LogP contribution in [0.15, 0.2) is 23.1 Å². The van der Waals surface area contributed by atoms with Crippen LogP contribution in [0.2, 0.25) is 10.0 Å². The number of thioether (sulfide) groups is 1. The van der Waals surface area contributed by atoms with Gasteiger partial charge in [-0.05, 0) is 25.1 Å². The van der Waals surface area contributed by atoms with E-state index in [0.29, 0.717) is 11.5 Å². The fourth-order valence-corrected chi connectivity index (χ4v) is 5.66. The number of sulfonamides is 1. The largest absolute Gasteiger partial charge is 0.465 e. The van der Waals surface area contributed by atoms with Crippen molar-refractivity contribution in [3.63, 3.8) is 0 Å². The van der Waals surface area contributed by atoms with Crippen molar-refractivity contribution in [1.29, 1.82) is 0 Å². The molecule has 1 heterocycles. The summed E-state index contributed by atoms with van der Waals surface area (Å²) in [4.78, 5) is 12.0. The van der Waals surface area contributed by atoms with Crippen LogP contribution >= 0.6 is 35.0 Å². The summed E-state index contributed by atoms with van der Waals surface area (Å²) >= 11 is 13.3. The van der Waals surface area contributed by atoms with Gasteiger partial charge in [0.2, 0.25) is 10.0 Å². The number of carbonyl (C=O) groups is 1. The molecule has 5 nitrogen and oxygen atoms in total. The lowest BCUT2D eigenvalue weighted by atomic mass is 10.3. The second kappa shape index (κ2) is 7.40. The van der Waals surface area contributed by atoms with E-state index < -0.39 is 22.0 Å². The molecule has 0 bridgehead atoms. The molecule has 0 amide bonds. The first kappa shape index (κ1) is 17.9. The molecule has 0 radical (unpaired) electrons. The Morgan fingerprint density at radius 1 is 1.36 bits per heavy atom. The Morgan fingerprint density at radius 3 is 2.59 bits per heavy atom. The third kappa shape index (κ3) is 3.89. The van der Waals surface area contributed by atoms with Crippen molar-refractivity contribution in [2.75, 3.05) is 24.7 Å². The number of hydrogen-bond donors (Lipinski definition) is 0. The van der Waals surface area contributed by atoms with Crippen molar-refractivity contribution < 1.29 is 17.9 Å². The van der Waals surface area contributed by atoms with E-state index in [4.69, 9.17) is 27.9 Å². The van der Waals surface area contributed by atoms with E-state index in [1.807, 2.05) is 0 Å². The smallest absolute Gasteiger partial charge is 0.325 e. The summed E-state index contributed by atoms with van der Waals surface area (Å²) in [5.41, 5.74) is 0. The normalized spacial score (nSPS) is 19.9. The van der Waals surface area contributed by atoms with Gasteiger partial charge in [0, 0.05) is 28.1 Å². The zero-order chi connectivity index (χ0) is 16.3. The zero-order valence-corrected chi connectivity index (χ0v) is 14.9. The van der Waals surface area contributed by atoms with Gasteiger partial charge in [-0.3, -0.25) is 4.79 Å². The lowest BCUT2D eigenvalue weighted by molar-refractivity contribution is -0.146. The van der Waals surface area contributed by atoms with Crippen molar-refractivity contribution in [2.24, 2.45) is 0 Å². The van der Waals surface area contributed by atoms with Crippen molar-refractivity contribution >= 4 is 51.0 Å². The van der Waals surface area contributed by atoms with Gasteiger partial charge in [0.1, 0.15) is 6.04 Å². The number of nitrogens with zero attached hydrogens (tertiary/aromatic N) is 1. The van der Waals surface area contributed by atoms with Gasteiger partial charge in [0.05, 0.1) is 11.5 Å². The van der Waals surface area contributed by atoms with Crippen LogP contribution in [0.1, 0.15) is 6.92 Å². The molecule has 0 unspecified atom stereocenters. The third-order valence-corrected chi connectivity index (χ3v) is 6.43. The van der Waals surface area contributed by atoms with Crippen LogP contribution in [0, 0.1) is 0 Å². The van der Waals surface area contributed by atoms with Crippen LogP contribution in [0.3, 0.4) is 0 Å². The standard InChI is InChI=1S/C13H15Cl2NO4S2/c1-2-20-13(17)12-8-21-4-3-16(12)22(18,19)11-6-9(14)5-10(15)7-11/h5-7,12H,2-4,8H2,1H3/t12-/m1/s1. The second-order valence-electron chi connectivity index (χ2n) is 4.56. The average Bonchev–Trinajstić information content (AvgIpc) is 2.46. The first-order valence-electron chi connectivity index (χ1n) is 6.58. The molecular formula is C13H15Cl2NO4S2. The van der Waals surface area contributed by atoms with E-state index in [2.05, 4.69) is 0 Å². The minimum atomic E-state index is -3.87. The molecule has 0 aromatic heterocycles. The van der Waals surface area contributed by atoms with Crippen molar-refractivity contribution in [3.8, 4) is 0 Å². The molecule has 2 rings (SSSR count). The number of esters is 1. The van der Waals surface area contributed by atoms with Crippen LogP contribution < -0.4 is 0 Å². The lowest BCUT2D eigenvalue weighted by Gasteiger charge is -2.32. The van der Waals surface area contributed by atoms with Crippen molar-refractivity contribution in [1.82, 2.24) is 4.31 Å². The minimum Gasteiger partial charge on any atom is -0.465 e. The van der Waals surface area contributed by atoms with Gasteiger partial charge in [-0.1, -0.05) is 23.2 Å². The predicted molar refractivity (Wildman–Crippen MR) is 88.1 cm³/mol. The highest BCUT2D eigenvalue weighted by atomic mass is 35.5. The first-order valence-corrected chi connectivity index (χ1v) is 9.93. The predicted octanol–water partition coefficient (Wildman–Crippen LogP) is 2.66. The van der Waals surface area contributed by atoms with Gasteiger partial charge < -0.3 is 4.74 Å². The summed E-state index contributed by atoms with van der Waals surface area (Å²) < 4.78 is 31.8. The Kier molecular flexibility index (Phi) is 6.01. The number of ether oxygens (including phenoxy) is 1. The number of carbonyl (C=O) groups excluding carboxylic acids is 1. The Labute approximate surface area is 144 Å². The monoisotopic (exact) mass is 383 g/mol. The van der Waals surface area contributed by atoms with Crippen LogP contribution in [-0.2, 0) is 19.6 Å². The number of hydrogen-bond acceptors (Lipinski definition) is 5. The minimum absolute atomic E-state index is 0.0220. The Balaban J connectivity index is 2.38. The van der Waals surface area contributed by atoms with Crippen molar-refractivity contribution in [2.45, 2.75) is 17.9 Å². The molecule has 0 spiro atoms. The number of benzene rings is 1. The van der Waals surface area contributed by atoms with E-state index >= 15 is 0 Å². The van der Waals surface area contributed by atoms with Gasteiger partial charge in [0.15, 0.2) is 0 Å². The first-order chi connectivity index (χ1) is 10.4. The summed E-state index contributed by atoms with van der Waals surface area (Å²) in [6, 6.07) is 3.28. The van der Waals surface area contributed by atoms with Gasteiger partial charge >= 0.3 is 5.97 Å². The Hall–Kier alpha value is -0.470. The SMILES string of the molecule is CCOC(=O)[C@H]1CSCCN1S(=O)(=O)c1cc(Cl)cc(Cl)c1. The number of rotatable bonds is 4. The van der Waals surface area contributed by atoms with Gasteiger partial charge in [-0.2, -0.15) is 16.1 Å². The maximum atomic E-state index is 12.8. The lowest BCUT2D eigenvalue weighted by Crippen LogP contribution is -2.50. The molecule has 1 saturated heterocycles. The maximum absolute atomic E-state index is 12.8. The van der Waals surface area contributed by atoms with Gasteiger partial charge in [-0.15, -0.1) is 0 Å². The molecule has 122 valence electrons. The summed E-state index contributed by atoms with van der Waals surface area (Å²) in [7, 11) is -3.87. The molecule has 1 aromatic rings. The molecule has 9 heteroatoms. The molecular weight excluding hydrogens is 369 g/mol. The Morgan fingerprint density at radius 2 is 2.00 bits per heavy atom. The third-order valence-electron chi connectivity index (χ3n) is 3.08. The summed E-state index contributed by atoms with van der Waals surface area (Å²) in [5, 5.41) is 0.454. The maximum Gasteiger partial charge on any atom is 0.325 e. The Bertz CT molecular complexity index is 646. The molecule has 1 aliphatic rings. The molecule has 0 N–H and O–H groups in total. The topological polar surface area (TPSA) is 63.7 Å².